The Morgan fingerprint density at radius 1 is 1.41 bits per heavy atom. The minimum absolute atomic E-state index is 0.0763. The Kier molecular flexibility index (Phi) is 5.35. The molecule has 2 rings (SSSR count). The van der Waals surface area contributed by atoms with E-state index in [4.69, 9.17) is 0 Å². The summed E-state index contributed by atoms with van der Waals surface area (Å²) >= 11 is 0. The van der Waals surface area contributed by atoms with Gasteiger partial charge in [0.05, 0.1) is 5.56 Å². The number of amides is 1. The molecule has 0 aromatic heterocycles. The van der Waals surface area contributed by atoms with Gasteiger partial charge in [-0.15, -0.1) is 0 Å². The molecular formula is C18H26N2O2. The predicted octanol–water partition coefficient (Wildman–Crippen LogP) is 2.74. The molecule has 1 atom stereocenters. The smallest absolute Gasteiger partial charge is 0.254 e. The van der Waals surface area contributed by atoms with Crippen molar-refractivity contribution in [2.75, 3.05) is 20.1 Å². The largest absolute Gasteiger partial charge is 0.342 e. The molecule has 1 aromatic carbocycles. The number of carbonyl (C=O) groups excluding carboxylic acids is 2. The molecule has 1 aliphatic rings. The van der Waals surface area contributed by atoms with Gasteiger partial charge in [0.2, 0.25) is 0 Å². The van der Waals surface area contributed by atoms with Crippen LogP contribution in [0.1, 0.15) is 53.8 Å². The fourth-order valence-corrected chi connectivity index (χ4v) is 3.21. The summed E-state index contributed by atoms with van der Waals surface area (Å²) in [6, 6.07) is 6.96. The van der Waals surface area contributed by atoms with Gasteiger partial charge in [0.25, 0.3) is 5.91 Å². The highest BCUT2D eigenvalue weighted by Crippen LogP contribution is 2.26. The van der Waals surface area contributed by atoms with Gasteiger partial charge in [0, 0.05) is 24.7 Å². The molecule has 0 bridgehead atoms. The van der Waals surface area contributed by atoms with Gasteiger partial charge < -0.3 is 10.2 Å². The molecule has 4 heteroatoms. The zero-order chi connectivity index (χ0) is 16.2. The maximum Gasteiger partial charge on any atom is 0.254 e. The minimum atomic E-state index is -0.0763. The zero-order valence-corrected chi connectivity index (χ0v) is 13.8. The standard InChI is InChI=1S/C18H26N2O2/c1-18(2)11-14(12-19-18)7-6-10-20(3)17(22)16-9-5-4-8-15(16)13-21/h4-5,8-9,13-14,19H,6-7,10-12H2,1-3H3. The monoisotopic (exact) mass is 302 g/mol. The van der Waals surface area contributed by atoms with E-state index in [0.29, 0.717) is 17.0 Å². The van der Waals surface area contributed by atoms with Crippen LogP contribution >= 0.6 is 0 Å². The lowest BCUT2D eigenvalue weighted by Gasteiger charge is -2.20. The summed E-state index contributed by atoms with van der Waals surface area (Å²) in [6.45, 7) is 6.26. The first-order valence-corrected chi connectivity index (χ1v) is 7.97. The lowest BCUT2D eigenvalue weighted by molar-refractivity contribution is 0.0788. The number of carbonyl (C=O) groups is 2. The number of nitrogens with zero attached hydrogens (tertiary/aromatic N) is 1. The molecule has 1 aliphatic heterocycles. The minimum Gasteiger partial charge on any atom is -0.342 e. The van der Waals surface area contributed by atoms with Crippen molar-refractivity contribution in [2.45, 2.75) is 38.6 Å². The van der Waals surface area contributed by atoms with E-state index < -0.39 is 0 Å². The first kappa shape index (κ1) is 16.7. The van der Waals surface area contributed by atoms with E-state index in [1.165, 1.54) is 6.42 Å². The van der Waals surface area contributed by atoms with Crippen molar-refractivity contribution in [3.8, 4) is 0 Å². The van der Waals surface area contributed by atoms with Gasteiger partial charge in [-0.3, -0.25) is 9.59 Å². The summed E-state index contributed by atoms with van der Waals surface area (Å²) in [4.78, 5) is 25.2. The first-order chi connectivity index (χ1) is 10.4. The predicted molar refractivity (Wildman–Crippen MR) is 88.2 cm³/mol. The molecule has 0 aliphatic carbocycles. The van der Waals surface area contributed by atoms with Crippen LogP contribution in [0.5, 0.6) is 0 Å². The third-order valence-electron chi connectivity index (χ3n) is 4.44. The van der Waals surface area contributed by atoms with E-state index >= 15 is 0 Å². The number of hydrogen-bond donors (Lipinski definition) is 1. The highest BCUT2D eigenvalue weighted by atomic mass is 16.2. The number of aldehydes is 1. The van der Waals surface area contributed by atoms with E-state index in [9.17, 15) is 9.59 Å². The molecular weight excluding hydrogens is 276 g/mol. The molecule has 1 unspecified atom stereocenters. The third-order valence-corrected chi connectivity index (χ3v) is 4.44. The van der Waals surface area contributed by atoms with E-state index in [1.807, 2.05) is 0 Å². The molecule has 1 N–H and O–H groups in total. The Labute approximate surface area is 132 Å². The average Bonchev–Trinajstić information content (AvgIpc) is 2.85. The Morgan fingerprint density at radius 2 is 2.14 bits per heavy atom. The molecule has 0 spiro atoms. The first-order valence-electron chi connectivity index (χ1n) is 7.97. The average molecular weight is 302 g/mol. The fraction of sp³-hybridized carbons (Fsp3) is 0.556. The Morgan fingerprint density at radius 3 is 2.77 bits per heavy atom. The molecule has 1 amide bonds. The van der Waals surface area contributed by atoms with Crippen LogP contribution in [0.3, 0.4) is 0 Å². The van der Waals surface area contributed by atoms with Crippen molar-refractivity contribution in [2.24, 2.45) is 5.92 Å². The number of rotatable bonds is 6. The van der Waals surface area contributed by atoms with Gasteiger partial charge in [-0.1, -0.05) is 18.2 Å². The van der Waals surface area contributed by atoms with Crippen LogP contribution in [0.2, 0.25) is 0 Å². The highest BCUT2D eigenvalue weighted by Gasteiger charge is 2.29. The Bertz CT molecular complexity index is 540. The van der Waals surface area contributed by atoms with Crippen LogP contribution in [0.25, 0.3) is 0 Å². The van der Waals surface area contributed by atoms with Crippen molar-refractivity contribution in [3.63, 3.8) is 0 Å². The highest BCUT2D eigenvalue weighted by molar-refractivity contribution is 6.01. The van der Waals surface area contributed by atoms with Crippen LogP contribution in [0.15, 0.2) is 24.3 Å². The number of nitrogens with one attached hydrogen (secondary N) is 1. The van der Waals surface area contributed by atoms with E-state index in [2.05, 4.69) is 19.2 Å². The molecule has 22 heavy (non-hydrogen) atoms. The van der Waals surface area contributed by atoms with Crippen LogP contribution in [0, 0.1) is 5.92 Å². The SMILES string of the molecule is CN(CCCC1CNC(C)(C)C1)C(=O)c1ccccc1C=O. The third kappa shape index (κ3) is 4.17. The van der Waals surface area contributed by atoms with Gasteiger partial charge >= 0.3 is 0 Å². The normalized spacial score (nSPS) is 19.9. The van der Waals surface area contributed by atoms with E-state index in [-0.39, 0.29) is 11.4 Å². The van der Waals surface area contributed by atoms with E-state index in [1.54, 1.807) is 36.2 Å². The molecule has 1 aromatic rings. The summed E-state index contributed by atoms with van der Waals surface area (Å²) in [5.74, 6) is 0.619. The van der Waals surface area contributed by atoms with Gasteiger partial charge in [0.15, 0.2) is 6.29 Å². The van der Waals surface area contributed by atoms with Crippen LogP contribution < -0.4 is 5.32 Å². The Hall–Kier alpha value is -1.68. The van der Waals surface area contributed by atoms with Crippen LogP contribution in [0.4, 0.5) is 0 Å². The molecule has 1 saturated heterocycles. The van der Waals surface area contributed by atoms with Crippen molar-refractivity contribution in [3.05, 3.63) is 35.4 Å². The van der Waals surface area contributed by atoms with Crippen LogP contribution in [-0.2, 0) is 0 Å². The lowest BCUT2D eigenvalue weighted by Crippen LogP contribution is -2.31. The lowest BCUT2D eigenvalue weighted by atomic mass is 9.93. The summed E-state index contributed by atoms with van der Waals surface area (Å²) < 4.78 is 0. The maximum absolute atomic E-state index is 12.4. The van der Waals surface area contributed by atoms with E-state index in [0.717, 1.165) is 32.2 Å². The second-order valence-corrected chi connectivity index (χ2v) is 6.91. The molecule has 120 valence electrons. The summed E-state index contributed by atoms with van der Waals surface area (Å²) in [6.07, 6.45) is 4.06. The Balaban J connectivity index is 1.83. The summed E-state index contributed by atoms with van der Waals surface area (Å²) in [5.41, 5.74) is 1.19. The van der Waals surface area contributed by atoms with Gasteiger partial charge in [-0.25, -0.2) is 0 Å². The molecule has 4 nitrogen and oxygen atoms in total. The molecule has 0 radical (unpaired) electrons. The number of benzene rings is 1. The quantitative estimate of drug-likeness (QED) is 0.822. The fourth-order valence-electron chi connectivity index (χ4n) is 3.21. The number of hydrogen-bond acceptors (Lipinski definition) is 3. The zero-order valence-electron chi connectivity index (χ0n) is 13.8. The maximum atomic E-state index is 12.4. The van der Waals surface area contributed by atoms with Gasteiger partial charge in [-0.05, 0) is 51.6 Å². The summed E-state index contributed by atoms with van der Waals surface area (Å²) in [7, 11) is 1.81. The summed E-state index contributed by atoms with van der Waals surface area (Å²) in [5, 5.41) is 3.53. The van der Waals surface area contributed by atoms with Gasteiger partial charge in [-0.2, -0.15) is 0 Å². The second-order valence-electron chi connectivity index (χ2n) is 6.91. The second kappa shape index (κ2) is 7.05. The van der Waals surface area contributed by atoms with Crippen molar-refractivity contribution < 1.29 is 9.59 Å². The van der Waals surface area contributed by atoms with Crippen molar-refractivity contribution in [1.82, 2.24) is 10.2 Å². The molecule has 1 fully saturated rings. The molecule has 1 heterocycles. The van der Waals surface area contributed by atoms with Crippen molar-refractivity contribution >= 4 is 12.2 Å². The van der Waals surface area contributed by atoms with Gasteiger partial charge in [0.1, 0.15) is 0 Å². The molecule has 0 saturated carbocycles. The van der Waals surface area contributed by atoms with Crippen molar-refractivity contribution in [1.29, 1.82) is 0 Å². The topological polar surface area (TPSA) is 49.4 Å². The van der Waals surface area contributed by atoms with Crippen LogP contribution in [-0.4, -0.2) is 42.8 Å².